The van der Waals surface area contributed by atoms with E-state index in [1.807, 2.05) is 34.9 Å². The minimum atomic E-state index is 0.435. The molecule has 0 aliphatic rings. The maximum Gasteiger partial charge on any atom is 0.204 e. The van der Waals surface area contributed by atoms with Gasteiger partial charge in [-0.1, -0.05) is 6.07 Å². The molecule has 17 heavy (non-hydrogen) atoms. The zero-order valence-electron chi connectivity index (χ0n) is 8.80. The lowest BCUT2D eigenvalue weighted by Crippen LogP contribution is -1.99. The maximum absolute atomic E-state index is 5.66. The number of pyridine rings is 1. The van der Waals surface area contributed by atoms with Gasteiger partial charge in [0.2, 0.25) is 5.82 Å². The van der Waals surface area contributed by atoms with Crippen molar-refractivity contribution in [2.24, 2.45) is 5.73 Å². The minimum Gasteiger partial charge on any atom is -0.446 e. The van der Waals surface area contributed by atoms with Gasteiger partial charge in [0.15, 0.2) is 16.1 Å². The predicted octanol–water partition coefficient (Wildman–Crippen LogP) is 2.21. The Morgan fingerprint density at radius 1 is 1.29 bits per heavy atom. The lowest BCUT2D eigenvalue weighted by atomic mass is 10.2. The third kappa shape index (κ3) is 1.65. The lowest BCUT2D eigenvalue weighted by molar-refractivity contribution is 0.550. The second-order valence-electron chi connectivity index (χ2n) is 3.56. The van der Waals surface area contributed by atoms with Crippen molar-refractivity contribution < 1.29 is 4.42 Å². The molecule has 86 valence electrons. The van der Waals surface area contributed by atoms with Gasteiger partial charge in [0.05, 0.1) is 0 Å². The van der Waals surface area contributed by atoms with Crippen LogP contribution in [-0.4, -0.2) is 14.6 Å². The Labute approximate surface area is 105 Å². The summed E-state index contributed by atoms with van der Waals surface area (Å²) >= 11 is 3.27. The van der Waals surface area contributed by atoms with Crippen molar-refractivity contribution in [3.05, 3.63) is 40.7 Å². The highest BCUT2D eigenvalue weighted by molar-refractivity contribution is 9.10. The summed E-state index contributed by atoms with van der Waals surface area (Å²) in [5, 5.41) is 8.26. The summed E-state index contributed by atoms with van der Waals surface area (Å²) in [5.74, 6) is 1.33. The van der Waals surface area contributed by atoms with Gasteiger partial charge in [-0.3, -0.25) is 4.40 Å². The number of fused-ring (bicyclic) bond motifs is 1. The van der Waals surface area contributed by atoms with Crippen LogP contribution in [0.5, 0.6) is 0 Å². The topological polar surface area (TPSA) is 69.3 Å². The Morgan fingerprint density at radius 3 is 2.88 bits per heavy atom. The van der Waals surface area contributed by atoms with E-state index in [2.05, 4.69) is 26.1 Å². The number of furan rings is 1. The second-order valence-corrected chi connectivity index (χ2v) is 4.34. The Bertz CT molecular complexity index is 673. The van der Waals surface area contributed by atoms with E-state index in [4.69, 9.17) is 10.2 Å². The van der Waals surface area contributed by atoms with Crippen LogP contribution in [0.4, 0.5) is 0 Å². The highest BCUT2D eigenvalue weighted by atomic mass is 79.9. The highest BCUT2D eigenvalue weighted by Gasteiger charge is 2.13. The Hall–Kier alpha value is -1.66. The fourth-order valence-corrected chi connectivity index (χ4v) is 2.04. The average Bonchev–Trinajstić information content (AvgIpc) is 2.94. The summed E-state index contributed by atoms with van der Waals surface area (Å²) in [5.41, 5.74) is 7.37. The van der Waals surface area contributed by atoms with Gasteiger partial charge in [-0.2, -0.15) is 0 Å². The Kier molecular flexibility index (Phi) is 2.45. The number of halogens is 1. The van der Waals surface area contributed by atoms with Crippen LogP contribution in [0.3, 0.4) is 0 Å². The predicted molar refractivity (Wildman–Crippen MR) is 66.3 cm³/mol. The van der Waals surface area contributed by atoms with Crippen LogP contribution in [0.1, 0.15) is 5.56 Å². The van der Waals surface area contributed by atoms with Crippen LogP contribution in [0.2, 0.25) is 0 Å². The molecule has 3 heterocycles. The average molecular weight is 293 g/mol. The number of hydrogen-bond donors (Lipinski definition) is 1. The lowest BCUT2D eigenvalue weighted by Gasteiger charge is -1.99. The molecule has 5 nitrogen and oxygen atoms in total. The van der Waals surface area contributed by atoms with E-state index in [9.17, 15) is 0 Å². The number of nitrogens with two attached hydrogens (primary N) is 1. The molecule has 0 saturated carbocycles. The van der Waals surface area contributed by atoms with Crippen LogP contribution >= 0.6 is 15.9 Å². The molecule has 0 saturated heterocycles. The molecular formula is C11H9BrN4O. The second kappa shape index (κ2) is 3.97. The molecule has 0 bridgehead atoms. The number of nitrogens with zero attached hydrogens (tertiary/aromatic N) is 3. The van der Waals surface area contributed by atoms with E-state index in [0.717, 1.165) is 11.2 Å². The van der Waals surface area contributed by atoms with Gasteiger partial charge in [-0.25, -0.2) is 0 Å². The fraction of sp³-hybridized carbons (Fsp3) is 0.0909. The first kappa shape index (κ1) is 10.5. The van der Waals surface area contributed by atoms with Crippen LogP contribution in [0.25, 0.3) is 17.2 Å². The summed E-state index contributed by atoms with van der Waals surface area (Å²) in [6.45, 7) is 0.435. The zero-order valence-corrected chi connectivity index (χ0v) is 10.4. The van der Waals surface area contributed by atoms with Gasteiger partial charge in [-0.15, -0.1) is 10.2 Å². The van der Waals surface area contributed by atoms with E-state index < -0.39 is 0 Å². The van der Waals surface area contributed by atoms with Gasteiger partial charge < -0.3 is 10.2 Å². The zero-order chi connectivity index (χ0) is 11.8. The molecule has 0 aliphatic heterocycles. The van der Waals surface area contributed by atoms with Crippen LogP contribution in [-0.2, 0) is 6.54 Å². The molecule has 3 aromatic heterocycles. The monoisotopic (exact) mass is 292 g/mol. The molecule has 6 heteroatoms. The first-order chi connectivity index (χ1) is 8.29. The quantitative estimate of drug-likeness (QED) is 0.786. The summed E-state index contributed by atoms with van der Waals surface area (Å²) < 4.78 is 8.01. The summed E-state index contributed by atoms with van der Waals surface area (Å²) in [6.07, 6.45) is 1.89. The molecule has 0 aliphatic carbocycles. The van der Waals surface area contributed by atoms with Gasteiger partial charge >= 0.3 is 0 Å². The smallest absolute Gasteiger partial charge is 0.204 e. The van der Waals surface area contributed by atoms with Crippen molar-refractivity contribution >= 4 is 21.6 Å². The van der Waals surface area contributed by atoms with Gasteiger partial charge in [0, 0.05) is 18.3 Å². The van der Waals surface area contributed by atoms with Crippen molar-refractivity contribution in [1.82, 2.24) is 14.6 Å². The Balaban J connectivity index is 2.25. The van der Waals surface area contributed by atoms with E-state index in [-0.39, 0.29) is 0 Å². The van der Waals surface area contributed by atoms with Crippen molar-refractivity contribution in [3.8, 4) is 11.6 Å². The van der Waals surface area contributed by atoms with Crippen molar-refractivity contribution in [2.45, 2.75) is 6.54 Å². The molecule has 3 aromatic rings. The molecule has 0 spiro atoms. The van der Waals surface area contributed by atoms with Gasteiger partial charge in [-0.05, 0) is 34.1 Å². The molecule has 2 N–H and O–H groups in total. The third-order valence-electron chi connectivity index (χ3n) is 2.53. The number of rotatable bonds is 2. The molecule has 0 fully saturated rings. The van der Waals surface area contributed by atoms with Crippen molar-refractivity contribution in [1.29, 1.82) is 0 Å². The SMILES string of the molecule is NCc1cccn2c(-c3ccc(Br)o3)nnc12. The largest absolute Gasteiger partial charge is 0.446 e. The normalized spacial score (nSPS) is 11.2. The highest BCUT2D eigenvalue weighted by Crippen LogP contribution is 2.24. The van der Waals surface area contributed by atoms with Gasteiger partial charge in [0.25, 0.3) is 0 Å². The Morgan fingerprint density at radius 2 is 2.18 bits per heavy atom. The minimum absolute atomic E-state index is 0.435. The van der Waals surface area contributed by atoms with Crippen LogP contribution in [0, 0.1) is 0 Å². The third-order valence-corrected chi connectivity index (χ3v) is 2.96. The van der Waals surface area contributed by atoms with E-state index >= 15 is 0 Å². The van der Waals surface area contributed by atoms with Crippen molar-refractivity contribution in [3.63, 3.8) is 0 Å². The first-order valence-corrected chi connectivity index (χ1v) is 5.87. The number of hydrogen-bond acceptors (Lipinski definition) is 4. The molecule has 3 rings (SSSR count). The molecule has 0 unspecified atom stereocenters. The van der Waals surface area contributed by atoms with E-state index in [1.165, 1.54) is 0 Å². The molecular weight excluding hydrogens is 284 g/mol. The van der Waals surface area contributed by atoms with Crippen LogP contribution in [0.15, 0.2) is 39.5 Å². The van der Waals surface area contributed by atoms with Gasteiger partial charge in [0.1, 0.15) is 0 Å². The molecule has 0 aromatic carbocycles. The van der Waals surface area contributed by atoms with E-state index in [1.54, 1.807) is 0 Å². The van der Waals surface area contributed by atoms with Crippen molar-refractivity contribution in [2.75, 3.05) is 0 Å². The number of aromatic nitrogens is 3. The first-order valence-electron chi connectivity index (χ1n) is 5.08. The van der Waals surface area contributed by atoms with E-state index in [0.29, 0.717) is 22.8 Å². The molecule has 0 radical (unpaired) electrons. The van der Waals surface area contributed by atoms with Crippen LogP contribution < -0.4 is 5.73 Å². The summed E-state index contributed by atoms with van der Waals surface area (Å²) in [7, 11) is 0. The molecule has 0 amide bonds. The standard InChI is InChI=1S/C11H9BrN4O/c12-9-4-3-8(17-9)11-15-14-10-7(6-13)2-1-5-16(10)11/h1-5H,6,13H2. The molecule has 0 atom stereocenters. The fourth-order valence-electron chi connectivity index (χ4n) is 1.73. The summed E-state index contributed by atoms with van der Waals surface area (Å²) in [4.78, 5) is 0. The maximum atomic E-state index is 5.66. The summed E-state index contributed by atoms with van der Waals surface area (Å²) in [6, 6.07) is 7.52.